The lowest BCUT2D eigenvalue weighted by Crippen LogP contribution is -2.05. The van der Waals surface area contributed by atoms with Gasteiger partial charge in [0, 0.05) is 6.07 Å². The van der Waals surface area contributed by atoms with Gasteiger partial charge >= 0.3 is 0 Å². The average Bonchev–Trinajstić information content (AvgIpc) is 2.13. The SMILES string of the molecule is Cc1cc(N)n(CCF)n1. The van der Waals surface area contributed by atoms with E-state index in [1.807, 2.05) is 6.92 Å². The molecule has 0 atom stereocenters. The topological polar surface area (TPSA) is 43.8 Å². The summed E-state index contributed by atoms with van der Waals surface area (Å²) in [6.45, 7) is 1.65. The fourth-order valence-corrected chi connectivity index (χ4v) is 0.825. The average molecular weight is 143 g/mol. The van der Waals surface area contributed by atoms with Gasteiger partial charge in [-0.15, -0.1) is 0 Å². The summed E-state index contributed by atoms with van der Waals surface area (Å²) in [6, 6.07) is 1.72. The number of aryl methyl sites for hydroxylation is 2. The highest BCUT2D eigenvalue weighted by Crippen LogP contribution is 2.03. The number of hydrogen-bond donors (Lipinski definition) is 1. The van der Waals surface area contributed by atoms with Crippen LogP contribution in [0.4, 0.5) is 10.2 Å². The molecule has 56 valence electrons. The number of nitrogen functional groups attached to an aromatic ring is 1. The Kier molecular flexibility index (Phi) is 1.89. The van der Waals surface area contributed by atoms with E-state index in [0.29, 0.717) is 5.82 Å². The lowest BCUT2D eigenvalue weighted by atomic mass is 10.5. The smallest absolute Gasteiger partial charge is 0.122 e. The molecule has 1 heterocycles. The number of nitrogens with zero attached hydrogens (tertiary/aromatic N) is 2. The normalized spacial score (nSPS) is 10.2. The van der Waals surface area contributed by atoms with Gasteiger partial charge in [-0.1, -0.05) is 0 Å². The Hall–Kier alpha value is -1.06. The summed E-state index contributed by atoms with van der Waals surface area (Å²) in [7, 11) is 0. The van der Waals surface area contributed by atoms with Gasteiger partial charge in [0.1, 0.15) is 12.5 Å². The van der Waals surface area contributed by atoms with Crippen molar-refractivity contribution in [1.82, 2.24) is 9.78 Å². The summed E-state index contributed by atoms with van der Waals surface area (Å²) in [4.78, 5) is 0. The summed E-state index contributed by atoms with van der Waals surface area (Å²) < 4.78 is 13.2. The van der Waals surface area contributed by atoms with Crippen molar-refractivity contribution in [3.8, 4) is 0 Å². The number of aromatic nitrogens is 2. The van der Waals surface area contributed by atoms with Crippen LogP contribution in [-0.4, -0.2) is 16.5 Å². The molecule has 0 aromatic carbocycles. The Morgan fingerprint density at radius 2 is 2.50 bits per heavy atom. The van der Waals surface area contributed by atoms with Crippen molar-refractivity contribution >= 4 is 5.82 Å². The lowest BCUT2D eigenvalue weighted by molar-refractivity contribution is 0.429. The second-order valence-electron chi connectivity index (χ2n) is 2.12. The molecule has 0 bridgehead atoms. The second kappa shape index (κ2) is 2.68. The molecular weight excluding hydrogens is 133 g/mol. The van der Waals surface area contributed by atoms with Gasteiger partial charge in [-0.2, -0.15) is 5.10 Å². The molecule has 0 saturated heterocycles. The zero-order valence-electron chi connectivity index (χ0n) is 5.84. The number of halogens is 1. The molecule has 0 fully saturated rings. The van der Waals surface area contributed by atoms with Crippen LogP contribution in [-0.2, 0) is 6.54 Å². The first kappa shape index (κ1) is 7.05. The molecule has 0 amide bonds. The van der Waals surface area contributed by atoms with Crippen LogP contribution in [0.25, 0.3) is 0 Å². The van der Waals surface area contributed by atoms with E-state index < -0.39 is 6.67 Å². The maximum Gasteiger partial charge on any atom is 0.122 e. The van der Waals surface area contributed by atoms with E-state index in [0.717, 1.165) is 5.69 Å². The zero-order valence-corrected chi connectivity index (χ0v) is 5.84. The van der Waals surface area contributed by atoms with Crippen LogP contribution in [0.2, 0.25) is 0 Å². The van der Waals surface area contributed by atoms with E-state index in [2.05, 4.69) is 5.10 Å². The maximum absolute atomic E-state index is 11.8. The zero-order chi connectivity index (χ0) is 7.56. The molecule has 10 heavy (non-hydrogen) atoms. The third-order valence-corrected chi connectivity index (χ3v) is 1.23. The van der Waals surface area contributed by atoms with Crippen molar-refractivity contribution < 1.29 is 4.39 Å². The van der Waals surface area contributed by atoms with Gasteiger partial charge in [-0.3, -0.25) is 0 Å². The molecule has 0 aliphatic rings. The standard InChI is InChI=1S/C6H10FN3/c1-5-4-6(8)10(9-5)3-2-7/h4H,2-3,8H2,1H3. The summed E-state index contributed by atoms with van der Waals surface area (Å²) in [5.74, 6) is 0.523. The summed E-state index contributed by atoms with van der Waals surface area (Å²) in [5, 5.41) is 3.95. The van der Waals surface area contributed by atoms with E-state index in [1.54, 1.807) is 6.07 Å². The van der Waals surface area contributed by atoms with Crippen LogP contribution in [0, 0.1) is 6.92 Å². The monoisotopic (exact) mass is 143 g/mol. The number of hydrogen-bond acceptors (Lipinski definition) is 2. The Balaban J connectivity index is 2.81. The first-order valence-electron chi connectivity index (χ1n) is 3.10. The minimum Gasteiger partial charge on any atom is -0.384 e. The Labute approximate surface area is 58.6 Å². The van der Waals surface area contributed by atoms with Gasteiger partial charge in [0.2, 0.25) is 0 Å². The highest BCUT2D eigenvalue weighted by molar-refractivity contribution is 5.29. The van der Waals surface area contributed by atoms with Crippen molar-refractivity contribution in [1.29, 1.82) is 0 Å². The third-order valence-electron chi connectivity index (χ3n) is 1.23. The summed E-state index contributed by atoms with van der Waals surface area (Å²) in [5.41, 5.74) is 6.29. The van der Waals surface area contributed by atoms with Crippen LogP contribution in [0.3, 0.4) is 0 Å². The summed E-state index contributed by atoms with van der Waals surface area (Å²) >= 11 is 0. The quantitative estimate of drug-likeness (QED) is 0.663. The molecular formula is C6H10FN3. The van der Waals surface area contributed by atoms with Gasteiger partial charge in [0.25, 0.3) is 0 Å². The minimum atomic E-state index is -0.425. The van der Waals surface area contributed by atoms with Crippen LogP contribution >= 0.6 is 0 Å². The first-order valence-corrected chi connectivity index (χ1v) is 3.10. The van der Waals surface area contributed by atoms with Crippen LogP contribution in [0.15, 0.2) is 6.07 Å². The van der Waals surface area contributed by atoms with E-state index in [9.17, 15) is 4.39 Å². The highest BCUT2D eigenvalue weighted by atomic mass is 19.1. The summed E-state index contributed by atoms with van der Waals surface area (Å²) in [6.07, 6.45) is 0. The maximum atomic E-state index is 11.8. The van der Waals surface area contributed by atoms with Gasteiger partial charge in [-0.25, -0.2) is 9.07 Å². The van der Waals surface area contributed by atoms with E-state index >= 15 is 0 Å². The molecule has 3 nitrogen and oxygen atoms in total. The van der Waals surface area contributed by atoms with Crippen molar-refractivity contribution in [3.63, 3.8) is 0 Å². The van der Waals surface area contributed by atoms with E-state index in [1.165, 1.54) is 4.68 Å². The van der Waals surface area contributed by atoms with Gasteiger partial charge in [0.05, 0.1) is 12.2 Å². The van der Waals surface area contributed by atoms with Gasteiger partial charge in [0.15, 0.2) is 0 Å². The van der Waals surface area contributed by atoms with Crippen molar-refractivity contribution in [2.24, 2.45) is 0 Å². The minimum absolute atomic E-state index is 0.250. The third kappa shape index (κ3) is 1.26. The molecule has 1 aromatic rings. The Morgan fingerprint density at radius 3 is 2.90 bits per heavy atom. The first-order chi connectivity index (χ1) is 4.74. The number of anilines is 1. The molecule has 0 aliphatic heterocycles. The fraction of sp³-hybridized carbons (Fsp3) is 0.500. The molecule has 0 radical (unpaired) electrons. The highest BCUT2D eigenvalue weighted by Gasteiger charge is 1.98. The predicted octanol–water partition coefficient (Wildman–Crippen LogP) is 0.743. The molecule has 0 aliphatic carbocycles. The Morgan fingerprint density at radius 1 is 1.80 bits per heavy atom. The largest absolute Gasteiger partial charge is 0.384 e. The number of rotatable bonds is 2. The van der Waals surface area contributed by atoms with Gasteiger partial charge < -0.3 is 5.73 Å². The van der Waals surface area contributed by atoms with E-state index in [-0.39, 0.29) is 6.54 Å². The van der Waals surface area contributed by atoms with Crippen LogP contribution in [0.1, 0.15) is 5.69 Å². The van der Waals surface area contributed by atoms with Crippen molar-refractivity contribution in [3.05, 3.63) is 11.8 Å². The van der Waals surface area contributed by atoms with Crippen LogP contribution in [0.5, 0.6) is 0 Å². The molecule has 0 spiro atoms. The predicted molar refractivity (Wildman–Crippen MR) is 37.4 cm³/mol. The molecule has 0 unspecified atom stereocenters. The molecule has 1 aromatic heterocycles. The molecule has 2 N–H and O–H groups in total. The fourth-order valence-electron chi connectivity index (χ4n) is 0.825. The number of alkyl halides is 1. The molecule has 0 saturated carbocycles. The van der Waals surface area contributed by atoms with Crippen LogP contribution < -0.4 is 5.73 Å². The lowest BCUT2D eigenvalue weighted by Gasteiger charge is -1.97. The van der Waals surface area contributed by atoms with Crippen molar-refractivity contribution in [2.75, 3.05) is 12.4 Å². The number of nitrogens with two attached hydrogens (primary N) is 1. The molecule has 4 heteroatoms. The van der Waals surface area contributed by atoms with E-state index in [4.69, 9.17) is 5.73 Å². The van der Waals surface area contributed by atoms with Gasteiger partial charge in [-0.05, 0) is 6.92 Å². The second-order valence-corrected chi connectivity index (χ2v) is 2.12. The molecule has 1 rings (SSSR count). The van der Waals surface area contributed by atoms with Crippen molar-refractivity contribution in [2.45, 2.75) is 13.5 Å². The Bertz CT molecular complexity index is 219.